The van der Waals surface area contributed by atoms with Gasteiger partial charge in [-0.1, -0.05) is 15.9 Å². The summed E-state index contributed by atoms with van der Waals surface area (Å²) in [5.41, 5.74) is 0.190. The SMILES string of the molecule is Oc1ccc(C(O)C(O)CBr)c(O)c1. The predicted molar refractivity (Wildman–Crippen MR) is 54.5 cm³/mol. The average Bonchev–Trinajstić information content (AvgIpc) is 2.15. The molecule has 78 valence electrons. The monoisotopic (exact) mass is 262 g/mol. The molecule has 0 aromatic heterocycles. The van der Waals surface area contributed by atoms with Gasteiger partial charge < -0.3 is 20.4 Å². The van der Waals surface area contributed by atoms with Crippen molar-refractivity contribution in [2.75, 3.05) is 5.33 Å². The minimum Gasteiger partial charge on any atom is -0.508 e. The standard InChI is InChI=1S/C9H11BrO4/c10-4-8(13)9(14)6-2-1-5(11)3-7(6)12/h1-3,8-9,11-14H,4H2. The molecule has 2 unspecified atom stereocenters. The summed E-state index contributed by atoms with van der Waals surface area (Å²) in [7, 11) is 0. The van der Waals surface area contributed by atoms with Crippen LogP contribution in [-0.2, 0) is 0 Å². The fourth-order valence-corrected chi connectivity index (χ4v) is 1.43. The molecule has 4 nitrogen and oxygen atoms in total. The number of phenols is 2. The molecule has 1 aromatic carbocycles. The normalized spacial score (nSPS) is 15.1. The average molecular weight is 263 g/mol. The van der Waals surface area contributed by atoms with Crippen molar-refractivity contribution in [2.24, 2.45) is 0 Å². The number of aliphatic hydroxyl groups excluding tert-OH is 2. The number of aliphatic hydroxyl groups is 2. The number of aromatic hydroxyl groups is 2. The Morgan fingerprint density at radius 1 is 1.21 bits per heavy atom. The minimum absolute atomic E-state index is 0.0909. The van der Waals surface area contributed by atoms with Crippen molar-refractivity contribution in [1.82, 2.24) is 0 Å². The molecule has 0 spiro atoms. The molecule has 0 heterocycles. The van der Waals surface area contributed by atoms with Gasteiger partial charge in [0.25, 0.3) is 0 Å². The molecule has 0 saturated heterocycles. The van der Waals surface area contributed by atoms with Gasteiger partial charge in [-0.3, -0.25) is 0 Å². The lowest BCUT2D eigenvalue weighted by Crippen LogP contribution is -2.19. The predicted octanol–water partition coefficient (Wildman–Crippen LogP) is 0.887. The van der Waals surface area contributed by atoms with Crippen molar-refractivity contribution in [3.05, 3.63) is 23.8 Å². The summed E-state index contributed by atoms with van der Waals surface area (Å²) in [6, 6.07) is 3.81. The highest BCUT2D eigenvalue weighted by Gasteiger charge is 2.20. The Morgan fingerprint density at radius 3 is 2.36 bits per heavy atom. The lowest BCUT2D eigenvalue weighted by molar-refractivity contribution is 0.0327. The highest BCUT2D eigenvalue weighted by Crippen LogP contribution is 2.29. The summed E-state index contributed by atoms with van der Waals surface area (Å²) < 4.78 is 0. The number of hydrogen-bond acceptors (Lipinski definition) is 4. The number of alkyl halides is 1. The second kappa shape index (κ2) is 4.63. The van der Waals surface area contributed by atoms with Crippen LogP contribution in [0.15, 0.2) is 18.2 Å². The van der Waals surface area contributed by atoms with E-state index in [0.29, 0.717) is 0 Å². The summed E-state index contributed by atoms with van der Waals surface area (Å²) in [4.78, 5) is 0. The summed E-state index contributed by atoms with van der Waals surface area (Å²) in [5.74, 6) is -0.329. The molecule has 0 aliphatic heterocycles. The largest absolute Gasteiger partial charge is 0.508 e. The molecular weight excluding hydrogens is 252 g/mol. The number of rotatable bonds is 3. The maximum atomic E-state index is 9.54. The van der Waals surface area contributed by atoms with E-state index in [1.165, 1.54) is 12.1 Å². The first kappa shape index (κ1) is 11.3. The van der Waals surface area contributed by atoms with E-state index < -0.39 is 12.2 Å². The third-order valence-corrected chi connectivity index (χ3v) is 2.52. The topological polar surface area (TPSA) is 80.9 Å². The van der Waals surface area contributed by atoms with Gasteiger partial charge in [0, 0.05) is 17.0 Å². The van der Waals surface area contributed by atoms with E-state index in [1.54, 1.807) is 0 Å². The van der Waals surface area contributed by atoms with Crippen molar-refractivity contribution in [1.29, 1.82) is 0 Å². The Hall–Kier alpha value is -0.780. The molecule has 0 radical (unpaired) electrons. The van der Waals surface area contributed by atoms with Crippen LogP contribution in [0.25, 0.3) is 0 Å². The van der Waals surface area contributed by atoms with Crippen LogP contribution in [0.4, 0.5) is 0 Å². The van der Waals surface area contributed by atoms with Gasteiger partial charge in [-0.25, -0.2) is 0 Å². The van der Waals surface area contributed by atoms with Gasteiger partial charge in [-0.2, -0.15) is 0 Å². The number of benzene rings is 1. The Morgan fingerprint density at radius 2 is 1.86 bits per heavy atom. The van der Waals surface area contributed by atoms with E-state index in [0.717, 1.165) is 6.07 Å². The lowest BCUT2D eigenvalue weighted by atomic mass is 10.0. The number of phenolic OH excluding ortho intramolecular Hbond substituents is 2. The molecule has 0 amide bonds. The zero-order valence-electron chi connectivity index (χ0n) is 7.26. The molecule has 0 saturated carbocycles. The smallest absolute Gasteiger partial charge is 0.125 e. The van der Waals surface area contributed by atoms with Gasteiger partial charge in [0.15, 0.2) is 0 Å². The lowest BCUT2D eigenvalue weighted by Gasteiger charge is -2.16. The van der Waals surface area contributed by atoms with Crippen molar-refractivity contribution >= 4 is 15.9 Å². The van der Waals surface area contributed by atoms with Crippen LogP contribution < -0.4 is 0 Å². The van der Waals surface area contributed by atoms with Crippen molar-refractivity contribution in [3.8, 4) is 11.5 Å². The van der Waals surface area contributed by atoms with Crippen LogP contribution in [-0.4, -0.2) is 31.9 Å². The van der Waals surface area contributed by atoms with Crippen LogP contribution in [0.2, 0.25) is 0 Å². The van der Waals surface area contributed by atoms with E-state index in [4.69, 9.17) is 5.11 Å². The number of hydrogen-bond donors (Lipinski definition) is 4. The van der Waals surface area contributed by atoms with Gasteiger partial charge in [-0.15, -0.1) is 0 Å². The highest BCUT2D eigenvalue weighted by molar-refractivity contribution is 9.09. The molecule has 1 aromatic rings. The molecule has 0 bridgehead atoms. The zero-order chi connectivity index (χ0) is 10.7. The second-order valence-corrected chi connectivity index (χ2v) is 3.56. The number of halogens is 1. The van der Waals surface area contributed by atoms with Gasteiger partial charge in [0.05, 0.1) is 6.10 Å². The fraction of sp³-hybridized carbons (Fsp3) is 0.333. The second-order valence-electron chi connectivity index (χ2n) is 2.91. The molecule has 4 N–H and O–H groups in total. The molecule has 0 aliphatic rings. The van der Waals surface area contributed by atoms with Crippen LogP contribution in [0.1, 0.15) is 11.7 Å². The Labute approximate surface area is 89.6 Å². The fourth-order valence-electron chi connectivity index (χ4n) is 1.07. The first-order valence-electron chi connectivity index (χ1n) is 4.00. The molecule has 5 heteroatoms. The van der Waals surface area contributed by atoms with Crippen molar-refractivity contribution in [2.45, 2.75) is 12.2 Å². The van der Waals surface area contributed by atoms with E-state index in [9.17, 15) is 15.3 Å². The third-order valence-electron chi connectivity index (χ3n) is 1.86. The van der Waals surface area contributed by atoms with Gasteiger partial charge >= 0.3 is 0 Å². The summed E-state index contributed by atoms with van der Waals surface area (Å²) in [5, 5.41) is 37.4. The molecule has 14 heavy (non-hydrogen) atoms. The van der Waals surface area contributed by atoms with Crippen molar-refractivity contribution < 1.29 is 20.4 Å². The Balaban J connectivity index is 2.95. The zero-order valence-corrected chi connectivity index (χ0v) is 8.85. The van der Waals surface area contributed by atoms with E-state index in [1.807, 2.05) is 0 Å². The van der Waals surface area contributed by atoms with E-state index in [-0.39, 0.29) is 22.4 Å². The van der Waals surface area contributed by atoms with E-state index in [2.05, 4.69) is 15.9 Å². The highest BCUT2D eigenvalue weighted by atomic mass is 79.9. The first-order valence-corrected chi connectivity index (χ1v) is 5.12. The molecule has 2 atom stereocenters. The van der Waals surface area contributed by atoms with Crippen LogP contribution in [0, 0.1) is 0 Å². The molecule has 1 rings (SSSR count). The summed E-state index contributed by atoms with van der Waals surface area (Å²) in [6.07, 6.45) is -2.17. The molecular formula is C9H11BrO4. The minimum atomic E-state index is -1.17. The first-order chi connectivity index (χ1) is 6.56. The maximum absolute atomic E-state index is 9.54. The third kappa shape index (κ3) is 2.37. The van der Waals surface area contributed by atoms with Gasteiger partial charge in [-0.05, 0) is 12.1 Å². The quantitative estimate of drug-likeness (QED) is 0.610. The van der Waals surface area contributed by atoms with Gasteiger partial charge in [0.1, 0.15) is 17.6 Å². The van der Waals surface area contributed by atoms with E-state index >= 15 is 0 Å². The summed E-state index contributed by atoms with van der Waals surface area (Å²) in [6.45, 7) is 0. The Bertz CT molecular complexity index is 316. The van der Waals surface area contributed by atoms with Crippen LogP contribution in [0.5, 0.6) is 11.5 Å². The maximum Gasteiger partial charge on any atom is 0.125 e. The van der Waals surface area contributed by atoms with Crippen molar-refractivity contribution in [3.63, 3.8) is 0 Å². The summed E-state index contributed by atoms with van der Waals surface area (Å²) >= 11 is 3.01. The Kier molecular flexibility index (Phi) is 3.74. The molecule has 0 aliphatic carbocycles. The van der Waals surface area contributed by atoms with Crippen LogP contribution in [0.3, 0.4) is 0 Å². The van der Waals surface area contributed by atoms with Crippen LogP contribution >= 0.6 is 15.9 Å². The molecule has 0 fully saturated rings. The van der Waals surface area contributed by atoms with Gasteiger partial charge in [0.2, 0.25) is 0 Å².